The fourth-order valence-electron chi connectivity index (χ4n) is 2.19. The summed E-state index contributed by atoms with van der Waals surface area (Å²) in [6, 6.07) is 7.79. The van der Waals surface area contributed by atoms with E-state index >= 15 is 0 Å². The number of para-hydroxylation sites is 1. The molecular formula is C16H19ClN2O4. The Labute approximate surface area is 139 Å². The average Bonchev–Trinajstić information content (AvgIpc) is 3.01. The van der Waals surface area contributed by atoms with E-state index in [0.717, 1.165) is 0 Å². The summed E-state index contributed by atoms with van der Waals surface area (Å²) in [7, 11) is 1.48. The first kappa shape index (κ1) is 17.2. The largest absolute Gasteiger partial charge is 0.493 e. The van der Waals surface area contributed by atoms with Crippen LogP contribution in [-0.2, 0) is 0 Å². The van der Waals surface area contributed by atoms with E-state index in [9.17, 15) is 9.90 Å². The van der Waals surface area contributed by atoms with Crippen molar-refractivity contribution in [1.82, 2.24) is 5.32 Å². The normalized spacial score (nSPS) is 13.2. The molecule has 2 amide bonds. The number of aliphatic hydroxyl groups is 1. The highest BCUT2D eigenvalue weighted by molar-refractivity contribution is 6.32. The highest BCUT2D eigenvalue weighted by Gasteiger charge is 2.17. The number of furan rings is 1. The third-order valence-electron chi connectivity index (χ3n) is 3.25. The van der Waals surface area contributed by atoms with Gasteiger partial charge in [-0.2, -0.15) is 0 Å². The molecule has 23 heavy (non-hydrogen) atoms. The quantitative estimate of drug-likeness (QED) is 0.751. The minimum absolute atomic E-state index is 0.264. The molecule has 3 N–H and O–H groups in total. The molecule has 0 fully saturated rings. The van der Waals surface area contributed by atoms with Crippen LogP contribution in [0, 0.1) is 0 Å². The number of ether oxygens (including phenoxy) is 1. The van der Waals surface area contributed by atoms with Gasteiger partial charge in [0.25, 0.3) is 0 Å². The van der Waals surface area contributed by atoms with Gasteiger partial charge in [-0.05, 0) is 31.2 Å². The number of anilines is 1. The van der Waals surface area contributed by atoms with Crippen LogP contribution >= 0.6 is 11.6 Å². The summed E-state index contributed by atoms with van der Waals surface area (Å²) in [6.07, 6.45) is 1.04. The van der Waals surface area contributed by atoms with Crippen LogP contribution in [0.15, 0.2) is 41.0 Å². The minimum atomic E-state index is -0.777. The lowest BCUT2D eigenvalue weighted by Gasteiger charge is -2.18. The second kappa shape index (κ2) is 7.89. The topological polar surface area (TPSA) is 83.7 Å². The number of aliphatic hydroxyl groups excluding tert-OH is 1. The third kappa shape index (κ3) is 4.64. The number of carbonyl (C=O) groups excluding carboxylic acids is 1. The molecular weight excluding hydrogens is 320 g/mol. The van der Waals surface area contributed by atoms with Gasteiger partial charge in [-0.1, -0.05) is 17.7 Å². The summed E-state index contributed by atoms with van der Waals surface area (Å²) in [5.74, 6) is 0.864. The summed E-state index contributed by atoms with van der Waals surface area (Å²) in [5.41, 5.74) is 0.469. The Morgan fingerprint density at radius 1 is 1.39 bits per heavy atom. The number of urea groups is 1. The van der Waals surface area contributed by atoms with Crippen LogP contribution in [0.25, 0.3) is 0 Å². The first-order valence-corrected chi connectivity index (χ1v) is 7.50. The number of methoxy groups -OCH3 is 1. The molecule has 0 aliphatic rings. The van der Waals surface area contributed by atoms with Crippen molar-refractivity contribution in [2.24, 2.45) is 0 Å². The maximum atomic E-state index is 12.0. The van der Waals surface area contributed by atoms with Crippen molar-refractivity contribution >= 4 is 23.3 Å². The molecule has 1 heterocycles. The lowest BCUT2D eigenvalue weighted by molar-refractivity contribution is 0.130. The van der Waals surface area contributed by atoms with Crippen molar-refractivity contribution in [2.75, 3.05) is 12.4 Å². The van der Waals surface area contributed by atoms with Crippen LogP contribution in [0.4, 0.5) is 10.5 Å². The van der Waals surface area contributed by atoms with E-state index in [0.29, 0.717) is 28.6 Å². The predicted molar refractivity (Wildman–Crippen MR) is 87.9 cm³/mol. The molecule has 6 nitrogen and oxygen atoms in total. The zero-order chi connectivity index (χ0) is 16.8. The minimum Gasteiger partial charge on any atom is -0.493 e. The summed E-state index contributed by atoms with van der Waals surface area (Å²) in [6.45, 7) is 1.79. The summed E-state index contributed by atoms with van der Waals surface area (Å²) in [5, 5.41) is 15.8. The first-order chi connectivity index (χ1) is 11.0. The highest BCUT2D eigenvalue weighted by atomic mass is 35.5. The highest BCUT2D eigenvalue weighted by Crippen LogP contribution is 2.32. The fraction of sp³-hybridized carbons (Fsp3) is 0.312. The molecule has 7 heteroatoms. The Kier molecular flexibility index (Phi) is 5.90. The van der Waals surface area contributed by atoms with Gasteiger partial charge < -0.3 is 24.9 Å². The van der Waals surface area contributed by atoms with Crippen LogP contribution in [0.2, 0.25) is 5.02 Å². The second-order valence-corrected chi connectivity index (χ2v) is 5.49. The van der Waals surface area contributed by atoms with E-state index in [1.165, 1.54) is 13.4 Å². The number of benzene rings is 1. The molecule has 1 aromatic carbocycles. The second-order valence-electron chi connectivity index (χ2n) is 5.09. The SMILES string of the molecule is COc1c(Cl)cccc1NC(=O)N[C@H](C)C[C@H](O)c1ccco1. The van der Waals surface area contributed by atoms with Crippen molar-refractivity contribution < 1.29 is 19.1 Å². The maximum Gasteiger partial charge on any atom is 0.319 e. The monoisotopic (exact) mass is 338 g/mol. The average molecular weight is 339 g/mol. The Bertz CT molecular complexity index is 646. The smallest absolute Gasteiger partial charge is 0.319 e. The van der Waals surface area contributed by atoms with Gasteiger partial charge >= 0.3 is 6.03 Å². The molecule has 0 saturated carbocycles. The van der Waals surface area contributed by atoms with Gasteiger partial charge in [-0.25, -0.2) is 4.79 Å². The number of halogens is 1. The third-order valence-corrected chi connectivity index (χ3v) is 3.54. The number of rotatable bonds is 6. The molecule has 124 valence electrons. The molecule has 0 spiro atoms. The van der Waals surface area contributed by atoms with Gasteiger partial charge in [0.1, 0.15) is 11.9 Å². The molecule has 2 rings (SSSR count). The van der Waals surface area contributed by atoms with Crippen molar-refractivity contribution in [3.05, 3.63) is 47.4 Å². The Morgan fingerprint density at radius 2 is 2.17 bits per heavy atom. The van der Waals surface area contributed by atoms with Crippen LogP contribution in [0.3, 0.4) is 0 Å². The summed E-state index contributed by atoms with van der Waals surface area (Å²) < 4.78 is 10.3. The van der Waals surface area contributed by atoms with Crippen LogP contribution in [0.1, 0.15) is 25.2 Å². The van der Waals surface area contributed by atoms with E-state index < -0.39 is 12.1 Å². The molecule has 1 aromatic heterocycles. The van der Waals surface area contributed by atoms with Crippen molar-refractivity contribution in [1.29, 1.82) is 0 Å². The van der Waals surface area contributed by atoms with E-state index in [4.69, 9.17) is 20.8 Å². The lowest BCUT2D eigenvalue weighted by Crippen LogP contribution is -2.37. The summed E-state index contributed by atoms with van der Waals surface area (Å²) in [4.78, 5) is 12.0. The predicted octanol–water partition coefficient (Wildman–Crippen LogP) is 3.58. The maximum absolute atomic E-state index is 12.0. The van der Waals surface area contributed by atoms with Gasteiger partial charge in [0, 0.05) is 12.5 Å². The van der Waals surface area contributed by atoms with E-state index in [2.05, 4.69) is 10.6 Å². The Hall–Kier alpha value is -2.18. The van der Waals surface area contributed by atoms with Crippen molar-refractivity contribution in [3.8, 4) is 5.75 Å². The van der Waals surface area contributed by atoms with Crippen LogP contribution in [-0.4, -0.2) is 24.3 Å². The molecule has 2 atom stereocenters. The van der Waals surface area contributed by atoms with Gasteiger partial charge in [0.05, 0.1) is 24.1 Å². The van der Waals surface area contributed by atoms with Gasteiger partial charge in [-0.15, -0.1) is 0 Å². The molecule has 0 radical (unpaired) electrons. The zero-order valence-corrected chi connectivity index (χ0v) is 13.6. The zero-order valence-electron chi connectivity index (χ0n) is 12.9. The molecule has 0 unspecified atom stereocenters. The van der Waals surface area contributed by atoms with E-state index in [-0.39, 0.29) is 6.04 Å². The van der Waals surface area contributed by atoms with Gasteiger partial charge in [0.2, 0.25) is 0 Å². The van der Waals surface area contributed by atoms with Crippen LogP contribution in [0.5, 0.6) is 5.75 Å². The van der Waals surface area contributed by atoms with E-state index in [1.54, 1.807) is 37.3 Å². The molecule has 0 saturated heterocycles. The van der Waals surface area contributed by atoms with Crippen molar-refractivity contribution in [3.63, 3.8) is 0 Å². The molecule has 0 aliphatic carbocycles. The fourth-order valence-corrected chi connectivity index (χ4v) is 2.44. The lowest BCUT2D eigenvalue weighted by atomic mass is 10.1. The molecule has 0 bridgehead atoms. The molecule has 2 aromatic rings. The van der Waals surface area contributed by atoms with Crippen molar-refractivity contribution in [2.45, 2.75) is 25.5 Å². The number of nitrogens with one attached hydrogen (secondary N) is 2. The number of hydrogen-bond donors (Lipinski definition) is 3. The van der Waals surface area contributed by atoms with Gasteiger partial charge in [-0.3, -0.25) is 0 Å². The number of hydrogen-bond acceptors (Lipinski definition) is 4. The summed E-state index contributed by atoms with van der Waals surface area (Å²) >= 11 is 6.00. The Balaban J connectivity index is 1.90. The number of carbonyl (C=O) groups is 1. The standard InChI is InChI=1S/C16H19ClN2O4/c1-10(9-13(20)14-7-4-8-23-14)18-16(21)19-12-6-3-5-11(17)15(12)22-2/h3-8,10,13,20H,9H2,1-2H3,(H2,18,19,21)/t10-,13+/m1/s1. The van der Waals surface area contributed by atoms with Gasteiger partial charge in [0.15, 0.2) is 5.75 Å². The molecule has 0 aliphatic heterocycles. The van der Waals surface area contributed by atoms with E-state index in [1.807, 2.05) is 0 Å². The van der Waals surface area contributed by atoms with Crippen LogP contribution < -0.4 is 15.4 Å². The Morgan fingerprint density at radius 3 is 2.83 bits per heavy atom. The number of amides is 2. The first-order valence-electron chi connectivity index (χ1n) is 7.12.